The fourth-order valence-corrected chi connectivity index (χ4v) is 3.81. The Morgan fingerprint density at radius 1 is 1.33 bits per heavy atom. The van der Waals surface area contributed by atoms with E-state index in [9.17, 15) is 9.59 Å². The molecule has 6 nitrogen and oxygen atoms in total. The molecule has 1 aliphatic heterocycles. The number of rotatable bonds is 6. The summed E-state index contributed by atoms with van der Waals surface area (Å²) in [7, 11) is 0. The van der Waals surface area contributed by atoms with Crippen molar-refractivity contribution in [3.8, 4) is 5.75 Å². The van der Waals surface area contributed by atoms with Crippen molar-refractivity contribution in [1.29, 1.82) is 0 Å². The van der Waals surface area contributed by atoms with E-state index in [1.54, 1.807) is 24.4 Å². The van der Waals surface area contributed by atoms with Crippen molar-refractivity contribution >= 4 is 35.0 Å². The summed E-state index contributed by atoms with van der Waals surface area (Å²) in [4.78, 5) is 31.9. The van der Waals surface area contributed by atoms with E-state index in [1.165, 1.54) is 11.8 Å². The van der Waals surface area contributed by atoms with E-state index in [1.807, 2.05) is 37.1 Å². The number of benzene rings is 1. The van der Waals surface area contributed by atoms with Crippen molar-refractivity contribution in [2.45, 2.75) is 39.1 Å². The number of aromatic nitrogens is 1. The van der Waals surface area contributed by atoms with Crippen LogP contribution in [0.4, 0.5) is 11.4 Å². The van der Waals surface area contributed by atoms with E-state index < -0.39 is 5.41 Å². The van der Waals surface area contributed by atoms with Crippen molar-refractivity contribution in [3.63, 3.8) is 0 Å². The Hall–Kier alpha value is -2.54. The van der Waals surface area contributed by atoms with Crippen LogP contribution in [0.25, 0.3) is 0 Å². The zero-order chi connectivity index (χ0) is 21.9. The lowest BCUT2D eigenvalue weighted by atomic mass is 9.92. The third kappa shape index (κ3) is 4.78. The third-order valence-corrected chi connectivity index (χ3v) is 5.77. The number of hydrogen-bond donors (Lipinski definition) is 1. The second-order valence-electron chi connectivity index (χ2n) is 8.51. The summed E-state index contributed by atoms with van der Waals surface area (Å²) in [5, 5.41) is 3.60. The molecule has 7 heteroatoms. The summed E-state index contributed by atoms with van der Waals surface area (Å²) in [5.74, 6) is 0.914. The van der Waals surface area contributed by atoms with Gasteiger partial charge < -0.3 is 15.0 Å². The fourth-order valence-electron chi connectivity index (χ4n) is 3.26. The number of thioether (sulfide) groups is 1. The van der Waals surface area contributed by atoms with E-state index in [2.05, 4.69) is 24.1 Å². The first-order valence-corrected chi connectivity index (χ1v) is 11.3. The molecule has 30 heavy (non-hydrogen) atoms. The van der Waals surface area contributed by atoms with Crippen LogP contribution in [0, 0.1) is 11.3 Å². The molecule has 1 N–H and O–H groups in total. The lowest BCUT2D eigenvalue weighted by Gasteiger charge is -2.28. The predicted octanol–water partition coefficient (Wildman–Crippen LogP) is 4.85. The molecule has 1 aromatic heterocycles. The third-order valence-electron chi connectivity index (χ3n) is 5.06. The molecule has 3 rings (SSSR count). The van der Waals surface area contributed by atoms with E-state index in [0.717, 1.165) is 12.1 Å². The van der Waals surface area contributed by atoms with Gasteiger partial charge in [-0.15, -0.1) is 11.8 Å². The number of carbonyl (C=O) groups is 2. The maximum atomic E-state index is 13.1. The highest BCUT2D eigenvalue weighted by Crippen LogP contribution is 2.38. The molecule has 0 spiro atoms. The van der Waals surface area contributed by atoms with Gasteiger partial charge in [-0.1, -0.05) is 13.8 Å². The van der Waals surface area contributed by atoms with E-state index >= 15 is 0 Å². The number of carbonyl (C=O) groups excluding carboxylic acids is 2. The number of fused-ring (bicyclic) bond motifs is 1. The Morgan fingerprint density at radius 3 is 2.80 bits per heavy atom. The summed E-state index contributed by atoms with van der Waals surface area (Å²) >= 11 is 1.43. The first-order valence-electron chi connectivity index (χ1n) is 10.1. The topological polar surface area (TPSA) is 71.5 Å². The molecular weight excluding hydrogens is 398 g/mol. The second kappa shape index (κ2) is 9.08. The summed E-state index contributed by atoms with van der Waals surface area (Å²) < 4.78 is 6.01. The van der Waals surface area contributed by atoms with Crippen molar-refractivity contribution in [2.75, 3.05) is 29.6 Å². The fraction of sp³-hybridized carbons (Fsp3) is 0.435. The minimum atomic E-state index is -0.623. The molecule has 0 saturated carbocycles. The van der Waals surface area contributed by atoms with Crippen LogP contribution in [0.5, 0.6) is 5.75 Å². The minimum absolute atomic E-state index is 0.0543. The second-order valence-corrected chi connectivity index (χ2v) is 9.30. The van der Waals surface area contributed by atoms with Gasteiger partial charge >= 0.3 is 0 Å². The normalized spacial score (nSPS) is 15.4. The molecule has 0 aliphatic carbocycles. The Morgan fingerprint density at radius 2 is 2.10 bits per heavy atom. The zero-order valence-electron chi connectivity index (χ0n) is 18.2. The molecule has 160 valence electrons. The highest BCUT2D eigenvalue weighted by molar-refractivity contribution is 7.98. The van der Waals surface area contributed by atoms with Crippen LogP contribution in [0.2, 0.25) is 0 Å². The summed E-state index contributed by atoms with van der Waals surface area (Å²) in [5.41, 5.74) is 1.26. The van der Waals surface area contributed by atoms with E-state index in [0.29, 0.717) is 34.5 Å². The number of nitrogens with zero attached hydrogens (tertiary/aromatic N) is 2. The van der Waals surface area contributed by atoms with Gasteiger partial charge in [0.1, 0.15) is 17.4 Å². The molecule has 1 aliphatic rings. The van der Waals surface area contributed by atoms with Gasteiger partial charge in [0.2, 0.25) is 5.91 Å². The number of ether oxygens (including phenoxy) is 1. The maximum absolute atomic E-state index is 13.1. The number of anilines is 2. The first-order chi connectivity index (χ1) is 14.2. The first kappa shape index (κ1) is 22.2. The van der Waals surface area contributed by atoms with Crippen molar-refractivity contribution in [3.05, 3.63) is 42.1 Å². The molecule has 0 atom stereocenters. The molecule has 0 radical (unpaired) electrons. The van der Waals surface area contributed by atoms with Crippen molar-refractivity contribution in [1.82, 2.24) is 4.98 Å². The smallest absolute Gasteiger partial charge is 0.258 e. The number of nitrogens with one attached hydrogen (secondary N) is 1. The zero-order valence-corrected chi connectivity index (χ0v) is 19.0. The predicted molar refractivity (Wildman–Crippen MR) is 121 cm³/mol. The molecule has 0 saturated heterocycles. The van der Waals surface area contributed by atoms with Crippen molar-refractivity contribution < 1.29 is 14.3 Å². The van der Waals surface area contributed by atoms with Gasteiger partial charge in [0.25, 0.3) is 5.91 Å². The van der Waals surface area contributed by atoms with Gasteiger partial charge in [0.15, 0.2) is 0 Å². The molecular formula is C23H29N3O3S. The Bertz CT molecular complexity index is 943. The van der Waals surface area contributed by atoms with E-state index in [4.69, 9.17) is 4.74 Å². The summed E-state index contributed by atoms with van der Waals surface area (Å²) in [6.07, 6.45) is 4.46. The van der Waals surface area contributed by atoms with Crippen LogP contribution < -0.4 is 15.0 Å². The highest BCUT2D eigenvalue weighted by atomic mass is 32.2. The number of amides is 2. The van der Waals surface area contributed by atoms with Crippen LogP contribution >= 0.6 is 11.8 Å². The lowest BCUT2D eigenvalue weighted by molar-refractivity contribution is -0.127. The molecule has 1 aromatic carbocycles. The molecule has 2 heterocycles. The van der Waals surface area contributed by atoms with Crippen LogP contribution in [0.15, 0.2) is 41.6 Å². The van der Waals surface area contributed by atoms with Gasteiger partial charge in [-0.05, 0) is 56.7 Å². The molecule has 0 unspecified atom stereocenters. The van der Waals surface area contributed by atoms with Gasteiger partial charge in [0, 0.05) is 24.5 Å². The van der Waals surface area contributed by atoms with Crippen LogP contribution in [0.1, 0.15) is 44.5 Å². The number of hydrogen-bond acceptors (Lipinski definition) is 5. The Balaban J connectivity index is 1.89. The Kier molecular flexibility index (Phi) is 6.71. The molecule has 2 amide bonds. The standard InChI is InChI=1S/C23H29N3O3S/c1-15(2)10-12-26-18-9-8-16(13-19(18)29-14-23(3,4)22(26)28)25-20(27)17-7-6-11-24-21(17)30-5/h6-9,11,13,15H,10,12,14H2,1-5H3,(H,25,27). The highest BCUT2D eigenvalue weighted by Gasteiger charge is 2.37. The maximum Gasteiger partial charge on any atom is 0.258 e. The van der Waals surface area contributed by atoms with Crippen LogP contribution in [0.3, 0.4) is 0 Å². The molecule has 0 fully saturated rings. The average molecular weight is 428 g/mol. The Labute approximate surface area is 182 Å². The van der Waals surface area contributed by atoms with Crippen LogP contribution in [-0.4, -0.2) is 36.2 Å². The van der Waals surface area contributed by atoms with Gasteiger partial charge in [-0.25, -0.2) is 4.98 Å². The van der Waals surface area contributed by atoms with Gasteiger partial charge in [-0.3, -0.25) is 9.59 Å². The number of pyridine rings is 1. The molecule has 0 bridgehead atoms. The SMILES string of the molecule is CSc1ncccc1C(=O)Nc1ccc2c(c1)OCC(C)(C)C(=O)N2CCC(C)C. The molecule has 2 aromatic rings. The largest absolute Gasteiger partial charge is 0.490 e. The quantitative estimate of drug-likeness (QED) is 0.667. The van der Waals surface area contributed by atoms with Crippen molar-refractivity contribution in [2.24, 2.45) is 11.3 Å². The van der Waals surface area contributed by atoms with Gasteiger partial charge in [-0.2, -0.15) is 0 Å². The van der Waals surface area contributed by atoms with E-state index in [-0.39, 0.29) is 18.4 Å². The summed E-state index contributed by atoms with van der Waals surface area (Å²) in [6, 6.07) is 8.95. The van der Waals surface area contributed by atoms with Gasteiger partial charge in [0.05, 0.1) is 16.7 Å². The lowest BCUT2D eigenvalue weighted by Crippen LogP contribution is -2.42. The average Bonchev–Trinajstić information content (AvgIpc) is 2.81. The minimum Gasteiger partial charge on any atom is -0.490 e. The van der Waals surface area contributed by atoms with Crippen LogP contribution in [-0.2, 0) is 4.79 Å². The summed E-state index contributed by atoms with van der Waals surface area (Å²) in [6.45, 7) is 9.01. The monoisotopic (exact) mass is 427 g/mol.